The van der Waals surface area contributed by atoms with Gasteiger partial charge in [-0.05, 0) is 50.3 Å². The summed E-state index contributed by atoms with van der Waals surface area (Å²) in [6.07, 6.45) is 11.1. The Labute approximate surface area is 116 Å². The molecule has 1 aromatic rings. The second-order valence-electron chi connectivity index (χ2n) is 6.04. The lowest BCUT2D eigenvalue weighted by Crippen LogP contribution is -2.47. The van der Waals surface area contributed by atoms with Crippen molar-refractivity contribution in [1.82, 2.24) is 10.6 Å². The van der Waals surface area contributed by atoms with E-state index in [0.29, 0.717) is 6.04 Å². The van der Waals surface area contributed by atoms with Crippen molar-refractivity contribution in [1.29, 1.82) is 0 Å². The van der Waals surface area contributed by atoms with Gasteiger partial charge >= 0.3 is 0 Å². The summed E-state index contributed by atoms with van der Waals surface area (Å²) in [5.41, 5.74) is 0. The molecule has 19 heavy (non-hydrogen) atoms. The van der Waals surface area contributed by atoms with E-state index in [1.165, 1.54) is 45.1 Å². The van der Waals surface area contributed by atoms with Gasteiger partial charge in [0.25, 0.3) is 0 Å². The number of rotatable bonds is 5. The van der Waals surface area contributed by atoms with Crippen LogP contribution < -0.4 is 10.6 Å². The molecule has 0 bridgehead atoms. The molecule has 1 saturated carbocycles. The van der Waals surface area contributed by atoms with Crippen LogP contribution in [0, 0.1) is 5.92 Å². The molecule has 1 aliphatic carbocycles. The third kappa shape index (κ3) is 3.40. The smallest absolute Gasteiger partial charge is 0.105 e. The van der Waals surface area contributed by atoms with Gasteiger partial charge in [0, 0.05) is 25.0 Å². The largest absolute Gasteiger partial charge is 0.469 e. The van der Waals surface area contributed by atoms with Gasteiger partial charge in [0.15, 0.2) is 0 Å². The van der Waals surface area contributed by atoms with Crippen LogP contribution in [0.4, 0.5) is 0 Å². The fourth-order valence-corrected chi connectivity index (χ4v) is 3.80. The summed E-state index contributed by atoms with van der Waals surface area (Å²) in [5, 5.41) is 7.50. The summed E-state index contributed by atoms with van der Waals surface area (Å²) in [4.78, 5) is 0. The molecule has 0 spiro atoms. The van der Waals surface area contributed by atoms with E-state index in [-0.39, 0.29) is 0 Å². The average molecular weight is 262 g/mol. The maximum absolute atomic E-state index is 5.39. The summed E-state index contributed by atoms with van der Waals surface area (Å²) in [6, 6.07) is 5.51. The molecule has 2 aliphatic rings. The lowest BCUT2D eigenvalue weighted by molar-refractivity contribution is 0.257. The van der Waals surface area contributed by atoms with Crippen LogP contribution in [0.2, 0.25) is 0 Å². The summed E-state index contributed by atoms with van der Waals surface area (Å²) < 4.78 is 5.39. The molecular formula is C16H26N2O. The van der Waals surface area contributed by atoms with Gasteiger partial charge in [-0.3, -0.25) is 0 Å². The predicted octanol–water partition coefficient (Wildman–Crippen LogP) is 2.72. The highest BCUT2D eigenvalue weighted by Crippen LogP contribution is 2.31. The van der Waals surface area contributed by atoms with Crippen LogP contribution in [0.25, 0.3) is 0 Å². The van der Waals surface area contributed by atoms with Crippen molar-refractivity contribution in [2.75, 3.05) is 13.1 Å². The first-order chi connectivity index (χ1) is 9.43. The van der Waals surface area contributed by atoms with E-state index in [1.807, 2.05) is 6.07 Å². The van der Waals surface area contributed by atoms with Crippen LogP contribution in [0.15, 0.2) is 22.8 Å². The number of furan rings is 1. The summed E-state index contributed by atoms with van der Waals surface area (Å²) in [7, 11) is 0. The van der Waals surface area contributed by atoms with Crippen LogP contribution in [0.1, 0.15) is 44.3 Å². The molecule has 3 rings (SSSR count). The van der Waals surface area contributed by atoms with Gasteiger partial charge in [-0.15, -0.1) is 0 Å². The van der Waals surface area contributed by atoms with Crippen molar-refractivity contribution in [3.8, 4) is 0 Å². The lowest BCUT2D eigenvalue weighted by Gasteiger charge is -2.33. The summed E-state index contributed by atoms with van der Waals surface area (Å²) >= 11 is 0. The molecule has 2 N–H and O–H groups in total. The Bertz CT molecular complexity index is 357. The monoisotopic (exact) mass is 262 g/mol. The third-order valence-electron chi connectivity index (χ3n) is 4.79. The summed E-state index contributed by atoms with van der Waals surface area (Å²) in [5.74, 6) is 1.94. The normalized spacial score (nSPS) is 31.7. The molecule has 2 fully saturated rings. The van der Waals surface area contributed by atoms with E-state index in [2.05, 4.69) is 16.7 Å². The van der Waals surface area contributed by atoms with Gasteiger partial charge in [-0.2, -0.15) is 0 Å². The van der Waals surface area contributed by atoms with Crippen LogP contribution in [-0.4, -0.2) is 25.2 Å². The molecule has 3 nitrogen and oxygen atoms in total. The Morgan fingerprint density at radius 3 is 3.00 bits per heavy atom. The van der Waals surface area contributed by atoms with Gasteiger partial charge < -0.3 is 15.1 Å². The van der Waals surface area contributed by atoms with Gasteiger partial charge in [0.1, 0.15) is 5.76 Å². The lowest BCUT2D eigenvalue weighted by atomic mass is 9.88. The minimum Gasteiger partial charge on any atom is -0.469 e. The maximum atomic E-state index is 5.39. The molecule has 3 unspecified atom stereocenters. The van der Waals surface area contributed by atoms with Gasteiger partial charge in [-0.25, -0.2) is 0 Å². The maximum Gasteiger partial charge on any atom is 0.105 e. The first-order valence-corrected chi connectivity index (χ1v) is 7.92. The molecule has 0 radical (unpaired) electrons. The Morgan fingerprint density at radius 1 is 1.21 bits per heavy atom. The van der Waals surface area contributed by atoms with Crippen molar-refractivity contribution < 1.29 is 4.42 Å². The number of piperidine rings is 1. The molecule has 1 aliphatic heterocycles. The molecule has 1 aromatic heterocycles. The Morgan fingerprint density at radius 2 is 2.21 bits per heavy atom. The quantitative estimate of drug-likeness (QED) is 0.857. The van der Waals surface area contributed by atoms with Crippen molar-refractivity contribution in [2.24, 2.45) is 5.92 Å². The zero-order valence-corrected chi connectivity index (χ0v) is 11.7. The van der Waals surface area contributed by atoms with Crippen molar-refractivity contribution >= 4 is 0 Å². The molecular weight excluding hydrogens is 236 g/mol. The first kappa shape index (κ1) is 13.2. The SMILES string of the molecule is c1coc(CCNC2CCCC2C2CCCCN2)c1. The minimum atomic E-state index is 0.713. The molecule has 106 valence electrons. The van der Waals surface area contributed by atoms with E-state index in [9.17, 15) is 0 Å². The van der Waals surface area contributed by atoms with E-state index < -0.39 is 0 Å². The topological polar surface area (TPSA) is 37.2 Å². The van der Waals surface area contributed by atoms with Gasteiger partial charge in [0.05, 0.1) is 6.26 Å². The second kappa shape index (κ2) is 6.58. The van der Waals surface area contributed by atoms with Crippen LogP contribution in [-0.2, 0) is 6.42 Å². The Balaban J connectivity index is 1.46. The van der Waals surface area contributed by atoms with Crippen LogP contribution >= 0.6 is 0 Å². The highest BCUT2D eigenvalue weighted by Gasteiger charge is 2.33. The molecule has 3 heteroatoms. The molecule has 3 atom stereocenters. The molecule has 1 saturated heterocycles. The number of nitrogens with one attached hydrogen (secondary N) is 2. The van der Waals surface area contributed by atoms with E-state index in [1.54, 1.807) is 6.26 Å². The Hall–Kier alpha value is -0.800. The van der Waals surface area contributed by atoms with Gasteiger partial charge in [0.2, 0.25) is 0 Å². The number of hydrogen-bond acceptors (Lipinski definition) is 3. The van der Waals surface area contributed by atoms with Crippen molar-refractivity contribution in [3.05, 3.63) is 24.2 Å². The highest BCUT2D eigenvalue weighted by atomic mass is 16.3. The first-order valence-electron chi connectivity index (χ1n) is 7.92. The predicted molar refractivity (Wildman–Crippen MR) is 77.2 cm³/mol. The fourth-order valence-electron chi connectivity index (χ4n) is 3.80. The fraction of sp³-hybridized carbons (Fsp3) is 0.750. The standard InChI is InChI=1S/C16H26N2O/c1-2-10-17-15(7-1)14-6-3-8-16(14)18-11-9-13-5-4-12-19-13/h4-5,12,14-18H,1-3,6-11H2. The van der Waals surface area contributed by atoms with Crippen LogP contribution in [0.5, 0.6) is 0 Å². The molecule has 0 amide bonds. The average Bonchev–Trinajstić information content (AvgIpc) is 3.11. The highest BCUT2D eigenvalue weighted by molar-refractivity contribution is 4.99. The van der Waals surface area contributed by atoms with E-state index in [4.69, 9.17) is 4.42 Å². The Kier molecular flexibility index (Phi) is 4.57. The molecule has 0 aromatic carbocycles. The minimum absolute atomic E-state index is 0.713. The van der Waals surface area contributed by atoms with Crippen LogP contribution in [0.3, 0.4) is 0 Å². The second-order valence-corrected chi connectivity index (χ2v) is 6.04. The van der Waals surface area contributed by atoms with Crippen molar-refractivity contribution in [2.45, 2.75) is 57.0 Å². The zero-order chi connectivity index (χ0) is 12.9. The van der Waals surface area contributed by atoms with Gasteiger partial charge in [-0.1, -0.05) is 12.8 Å². The zero-order valence-electron chi connectivity index (χ0n) is 11.7. The molecule has 2 heterocycles. The van der Waals surface area contributed by atoms with E-state index >= 15 is 0 Å². The number of hydrogen-bond donors (Lipinski definition) is 2. The van der Waals surface area contributed by atoms with E-state index in [0.717, 1.165) is 30.7 Å². The third-order valence-corrected chi connectivity index (χ3v) is 4.79. The summed E-state index contributed by atoms with van der Waals surface area (Å²) in [6.45, 7) is 2.27. The van der Waals surface area contributed by atoms with Crippen molar-refractivity contribution in [3.63, 3.8) is 0 Å².